The second-order valence-corrected chi connectivity index (χ2v) is 5.65. The molecule has 2 aromatic carbocycles. The number of nitrogens with zero attached hydrogens (tertiary/aromatic N) is 2. The second kappa shape index (κ2) is 8.66. The van der Waals surface area contributed by atoms with Gasteiger partial charge in [0.1, 0.15) is 23.0 Å². The Hall–Kier alpha value is -3.61. The minimum absolute atomic E-state index is 0.199. The van der Waals surface area contributed by atoms with Crippen LogP contribution in [0.5, 0.6) is 11.5 Å². The van der Waals surface area contributed by atoms with Crippen molar-refractivity contribution in [2.24, 2.45) is 0 Å². The van der Waals surface area contributed by atoms with Crippen LogP contribution in [-0.4, -0.2) is 30.1 Å². The van der Waals surface area contributed by atoms with E-state index in [0.29, 0.717) is 29.5 Å². The van der Waals surface area contributed by atoms with Crippen LogP contribution >= 0.6 is 0 Å². The molecule has 0 unspecified atom stereocenters. The van der Waals surface area contributed by atoms with Gasteiger partial charge in [0.2, 0.25) is 0 Å². The first-order valence-electron chi connectivity index (χ1n) is 8.33. The summed E-state index contributed by atoms with van der Waals surface area (Å²) in [6.45, 7) is 0.627. The minimum Gasteiger partial charge on any atom is -0.497 e. The van der Waals surface area contributed by atoms with Crippen LogP contribution in [-0.2, 0) is 6.54 Å². The van der Waals surface area contributed by atoms with Crippen LogP contribution in [0.25, 0.3) is 0 Å². The number of carbonyl (C=O) groups excluding carboxylic acids is 1. The fourth-order valence-corrected chi connectivity index (χ4v) is 2.42. The third kappa shape index (κ3) is 4.72. The van der Waals surface area contributed by atoms with E-state index in [-0.39, 0.29) is 11.6 Å². The van der Waals surface area contributed by atoms with Crippen molar-refractivity contribution < 1.29 is 14.3 Å². The standard InChI is InChI=1S/C20H20N4O3/c1-26-15-8-9-18(27-2)16(10-15)24-20(25)17-12-23-19(13-21-17)22-11-14-6-4-3-5-7-14/h3-10,12-13H,11H2,1-2H3,(H,22,23)(H,24,25). The van der Waals surface area contributed by atoms with E-state index in [1.165, 1.54) is 19.5 Å². The molecule has 0 aliphatic rings. The summed E-state index contributed by atoms with van der Waals surface area (Å²) in [5, 5.41) is 5.93. The summed E-state index contributed by atoms with van der Waals surface area (Å²) in [4.78, 5) is 20.9. The Bertz CT molecular complexity index is 899. The van der Waals surface area contributed by atoms with E-state index < -0.39 is 0 Å². The van der Waals surface area contributed by atoms with Crippen molar-refractivity contribution in [1.29, 1.82) is 0 Å². The molecule has 0 spiro atoms. The molecule has 7 heteroatoms. The Morgan fingerprint density at radius 1 is 1.00 bits per heavy atom. The molecule has 1 heterocycles. The van der Waals surface area contributed by atoms with Gasteiger partial charge in [-0.3, -0.25) is 4.79 Å². The lowest BCUT2D eigenvalue weighted by Gasteiger charge is -2.11. The van der Waals surface area contributed by atoms with Crippen molar-refractivity contribution in [2.75, 3.05) is 24.9 Å². The molecule has 2 N–H and O–H groups in total. The van der Waals surface area contributed by atoms with Gasteiger partial charge in [-0.15, -0.1) is 0 Å². The van der Waals surface area contributed by atoms with E-state index in [1.807, 2.05) is 30.3 Å². The molecule has 0 fully saturated rings. The molecule has 0 saturated carbocycles. The first-order chi connectivity index (χ1) is 13.2. The van der Waals surface area contributed by atoms with Crippen LogP contribution in [0.3, 0.4) is 0 Å². The van der Waals surface area contributed by atoms with Crippen LogP contribution in [0.15, 0.2) is 60.9 Å². The fourth-order valence-electron chi connectivity index (χ4n) is 2.42. The molecule has 0 saturated heterocycles. The van der Waals surface area contributed by atoms with E-state index in [9.17, 15) is 4.79 Å². The third-order valence-corrected chi connectivity index (χ3v) is 3.86. The van der Waals surface area contributed by atoms with Gasteiger partial charge >= 0.3 is 0 Å². The van der Waals surface area contributed by atoms with Gasteiger partial charge in [-0.1, -0.05) is 30.3 Å². The van der Waals surface area contributed by atoms with E-state index in [2.05, 4.69) is 20.6 Å². The predicted octanol–water partition coefficient (Wildman–Crippen LogP) is 3.36. The van der Waals surface area contributed by atoms with Crippen molar-refractivity contribution in [3.8, 4) is 11.5 Å². The van der Waals surface area contributed by atoms with Gasteiger partial charge in [0.05, 0.1) is 32.3 Å². The van der Waals surface area contributed by atoms with Gasteiger partial charge in [-0.2, -0.15) is 0 Å². The number of amides is 1. The van der Waals surface area contributed by atoms with Crippen LogP contribution in [0.4, 0.5) is 11.5 Å². The Labute approximate surface area is 157 Å². The number of nitrogens with one attached hydrogen (secondary N) is 2. The third-order valence-electron chi connectivity index (χ3n) is 3.86. The maximum absolute atomic E-state index is 12.4. The lowest BCUT2D eigenvalue weighted by Crippen LogP contribution is -2.15. The van der Waals surface area contributed by atoms with Gasteiger partial charge < -0.3 is 20.1 Å². The van der Waals surface area contributed by atoms with E-state index in [1.54, 1.807) is 25.3 Å². The molecule has 3 rings (SSSR count). The number of ether oxygens (including phenoxy) is 2. The zero-order valence-electron chi connectivity index (χ0n) is 15.1. The van der Waals surface area contributed by atoms with Crippen molar-refractivity contribution >= 4 is 17.4 Å². The maximum Gasteiger partial charge on any atom is 0.275 e. The summed E-state index contributed by atoms with van der Waals surface area (Å²) < 4.78 is 10.4. The second-order valence-electron chi connectivity index (χ2n) is 5.65. The molecular formula is C20H20N4O3. The number of aromatic nitrogens is 2. The summed E-state index contributed by atoms with van der Waals surface area (Å²) in [7, 11) is 3.09. The molecule has 1 amide bonds. The molecule has 1 aromatic heterocycles. The Morgan fingerprint density at radius 2 is 1.81 bits per heavy atom. The molecule has 138 valence electrons. The van der Waals surface area contributed by atoms with Crippen molar-refractivity contribution in [1.82, 2.24) is 9.97 Å². The van der Waals surface area contributed by atoms with Crippen molar-refractivity contribution in [3.05, 3.63) is 72.2 Å². The quantitative estimate of drug-likeness (QED) is 0.669. The summed E-state index contributed by atoms with van der Waals surface area (Å²) in [6, 6.07) is 15.1. The molecule has 0 atom stereocenters. The average Bonchev–Trinajstić information content (AvgIpc) is 2.73. The van der Waals surface area contributed by atoms with E-state index in [4.69, 9.17) is 9.47 Å². The minimum atomic E-state index is -0.385. The van der Waals surface area contributed by atoms with Gasteiger partial charge in [-0.05, 0) is 17.7 Å². The number of anilines is 2. The molecule has 0 bridgehead atoms. The lowest BCUT2D eigenvalue weighted by molar-refractivity contribution is 0.102. The normalized spacial score (nSPS) is 10.1. The maximum atomic E-state index is 12.4. The first-order valence-corrected chi connectivity index (χ1v) is 8.33. The molecule has 3 aromatic rings. The van der Waals surface area contributed by atoms with Gasteiger partial charge in [0.15, 0.2) is 0 Å². The zero-order valence-corrected chi connectivity index (χ0v) is 15.1. The van der Waals surface area contributed by atoms with Crippen molar-refractivity contribution in [3.63, 3.8) is 0 Å². The monoisotopic (exact) mass is 364 g/mol. The predicted molar refractivity (Wildman–Crippen MR) is 103 cm³/mol. The van der Waals surface area contributed by atoms with Crippen LogP contribution in [0.2, 0.25) is 0 Å². The van der Waals surface area contributed by atoms with Crippen LogP contribution in [0, 0.1) is 0 Å². The van der Waals surface area contributed by atoms with Gasteiger partial charge in [0.25, 0.3) is 5.91 Å². The highest BCUT2D eigenvalue weighted by Gasteiger charge is 2.12. The Morgan fingerprint density at radius 3 is 2.48 bits per heavy atom. The van der Waals surface area contributed by atoms with Gasteiger partial charge in [0, 0.05) is 12.6 Å². The highest BCUT2D eigenvalue weighted by atomic mass is 16.5. The fraction of sp³-hybridized carbons (Fsp3) is 0.150. The average molecular weight is 364 g/mol. The molecule has 7 nitrogen and oxygen atoms in total. The van der Waals surface area contributed by atoms with E-state index in [0.717, 1.165) is 5.56 Å². The van der Waals surface area contributed by atoms with Crippen LogP contribution < -0.4 is 20.1 Å². The lowest BCUT2D eigenvalue weighted by atomic mass is 10.2. The summed E-state index contributed by atoms with van der Waals surface area (Å²) in [5.74, 6) is 1.34. The molecule has 0 aliphatic carbocycles. The molecule has 27 heavy (non-hydrogen) atoms. The molecule has 0 radical (unpaired) electrons. The Balaban J connectivity index is 1.65. The Kier molecular flexibility index (Phi) is 5.84. The summed E-state index contributed by atoms with van der Waals surface area (Å²) in [5.41, 5.74) is 1.83. The summed E-state index contributed by atoms with van der Waals surface area (Å²) in [6.07, 6.45) is 2.95. The number of rotatable bonds is 7. The number of hydrogen-bond donors (Lipinski definition) is 2. The van der Waals surface area contributed by atoms with E-state index >= 15 is 0 Å². The smallest absolute Gasteiger partial charge is 0.275 e. The van der Waals surface area contributed by atoms with Crippen LogP contribution in [0.1, 0.15) is 16.1 Å². The van der Waals surface area contributed by atoms with Crippen molar-refractivity contribution in [2.45, 2.75) is 6.54 Å². The highest BCUT2D eigenvalue weighted by molar-refractivity contribution is 6.03. The largest absolute Gasteiger partial charge is 0.497 e. The highest BCUT2D eigenvalue weighted by Crippen LogP contribution is 2.29. The number of benzene rings is 2. The number of carbonyl (C=O) groups is 1. The molecule has 0 aliphatic heterocycles. The zero-order chi connectivity index (χ0) is 19.1. The number of hydrogen-bond acceptors (Lipinski definition) is 6. The molecular weight excluding hydrogens is 344 g/mol. The topological polar surface area (TPSA) is 85.4 Å². The number of methoxy groups -OCH3 is 2. The SMILES string of the molecule is COc1ccc(OC)c(NC(=O)c2cnc(NCc3ccccc3)cn2)c1. The summed E-state index contributed by atoms with van der Waals surface area (Å²) >= 11 is 0. The van der Waals surface area contributed by atoms with Gasteiger partial charge in [-0.25, -0.2) is 9.97 Å². The first kappa shape index (κ1) is 18.2.